The van der Waals surface area contributed by atoms with Gasteiger partial charge in [-0.25, -0.2) is 0 Å². The number of fused-ring (bicyclic) bond motifs is 12. The molecule has 0 fully saturated rings. The number of rotatable bonds is 2. The van der Waals surface area contributed by atoms with E-state index in [0.29, 0.717) is 0 Å². The fourth-order valence-corrected chi connectivity index (χ4v) is 15.1. The van der Waals surface area contributed by atoms with Crippen LogP contribution < -0.4 is 15.1 Å². The number of ether oxygens (including phenoxy) is 1. The Labute approximate surface area is 330 Å². The molecule has 4 aliphatic rings. The van der Waals surface area contributed by atoms with Gasteiger partial charge in [-0.05, 0) is 85.1 Å². The van der Waals surface area contributed by atoms with Gasteiger partial charge in [-0.1, -0.05) is 180 Å². The molecule has 3 heteroatoms. The van der Waals surface area contributed by atoms with Gasteiger partial charge >= 0.3 is 0 Å². The summed E-state index contributed by atoms with van der Waals surface area (Å²) in [5.41, 5.74) is 16.8. The third-order valence-electron chi connectivity index (χ3n) is 13.9. The minimum absolute atomic E-state index is 0.0819. The first-order chi connectivity index (χ1) is 26.4. The Balaban J connectivity index is 1.12. The Kier molecular flexibility index (Phi) is 6.67. The number of benzene rings is 7. The number of para-hydroxylation sites is 1. The molecule has 2 aliphatic carbocycles. The van der Waals surface area contributed by atoms with E-state index in [0.717, 1.165) is 11.5 Å². The zero-order valence-corrected chi connectivity index (χ0v) is 34.4. The van der Waals surface area contributed by atoms with E-state index in [2.05, 4.69) is 187 Å². The van der Waals surface area contributed by atoms with Gasteiger partial charge in [-0.3, -0.25) is 0 Å². The maximum atomic E-state index is 7.37. The van der Waals surface area contributed by atoms with Crippen molar-refractivity contribution < 1.29 is 4.74 Å². The van der Waals surface area contributed by atoms with E-state index in [1.165, 1.54) is 92.5 Å². The maximum absolute atomic E-state index is 7.37. The van der Waals surface area contributed by atoms with Crippen molar-refractivity contribution in [2.75, 3.05) is 0 Å². The third kappa shape index (κ3) is 4.21. The highest BCUT2D eigenvalue weighted by molar-refractivity contribution is 7.99. The topological polar surface area (TPSA) is 9.23 Å². The summed E-state index contributed by atoms with van der Waals surface area (Å²) in [5.74, 6) is 2.10. The van der Waals surface area contributed by atoms with E-state index in [9.17, 15) is 0 Å². The molecule has 7 aromatic rings. The Morgan fingerprint density at radius 3 is 1.93 bits per heavy atom. The molecule has 2 heterocycles. The smallest absolute Gasteiger partial charge is 0.135 e. The summed E-state index contributed by atoms with van der Waals surface area (Å²) >= 11 is 1.95. The molecule has 0 spiro atoms. The van der Waals surface area contributed by atoms with E-state index in [4.69, 9.17) is 4.74 Å². The van der Waals surface area contributed by atoms with Gasteiger partial charge in [0.25, 0.3) is 0 Å². The molecule has 0 saturated heterocycles. The molecule has 0 amide bonds. The van der Waals surface area contributed by atoms with Crippen molar-refractivity contribution in [3.8, 4) is 44.9 Å². The van der Waals surface area contributed by atoms with Gasteiger partial charge in [0.1, 0.15) is 19.6 Å². The molecule has 2 aliphatic heterocycles. The van der Waals surface area contributed by atoms with Crippen molar-refractivity contribution in [2.45, 2.75) is 73.7 Å². The summed E-state index contributed by atoms with van der Waals surface area (Å²) in [6.07, 6.45) is 0. The number of hydrogen-bond donors (Lipinski definition) is 0. The van der Waals surface area contributed by atoms with E-state index in [-0.39, 0.29) is 16.2 Å². The van der Waals surface area contributed by atoms with Crippen molar-refractivity contribution >= 4 is 30.2 Å². The van der Waals surface area contributed by atoms with Gasteiger partial charge in [0.05, 0.1) is 0 Å². The minimum Gasteiger partial charge on any atom is -0.456 e. The monoisotopic (exact) mass is 744 g/mol. The molecule has 7 aromatic carbocycles. The van der Waals surface area contributed by atoms with Crippen molar-refractivity contribution in [3.05, 3.63) is 178 Å². The molecule has 0 N–H and O–H groups in total. The van der Waals surface area contributed by atoms with Crippen LogP contribution in [-0.4, -0.2) is 8.07 Å². The Morgan fingerprint density at radius 2 is 1.11 bits per heavy atom. The van der Waals surface area contributed by atoms with Crippen LogP contribution >= 0.6 is 11.8 Å². The summed E-state index contributed by atoms with van der Waals surface area (Å²) < 4.78 is 7.37. The lowest BCUT2D eigenvalue weighted by Crippen LogP contribution is -2.56. The molecule has 1 atom stereocenters. The van der Waals surface area contributed by atoms with Gasteiger partial charge in [0.2, 0.25) is 0 Å². The predicted molar refractivity (Wildman–Crippen MR) is 233 cm³/mol. The zero-order valence-electron chi connectivity index (χ0n) is 32.6. The first kappa shape index (κ1) is 33.3. The highest BCUT2D eigenvalue weighted by atomic mass is 32.2. The molecule has 0 bridgehead atoms. The number of hydrogen-bond acceptors (Lipinski definition) is 2. The van der Waals surface area contributed by atoms with E-state index in [1.54, 1.807) is 0 Å². The molecule has 0 aromatic heterocycles. The molecule has 11 rings (SSSR count). The largest absolute Gasteiger partial charge is 0.456 e. The van der Waals surface area contributed by atoms with Gasteiger partial charge in [-0.15, -0.1) is 0 Å². The minimum atomic E-state index is -2.15. The lowest BCUT2D eigenvalue weighted by atomic mass is 9.72. The second kappa shape index (κ2) is 11.0. The van der Waals surface area contributed by atoms with Crippen molar-refractivity contribution in [3.63, 3.8) is 0 Å². The SMILES string of the molecule is CC1(C)c2ccccc2Sc2c1ccc1c2-c2ccc(-c3cccc4c3Oc3c(ccc5c3-c3ccccc3C5(C)C)[Si]4(C)C)cc2C1(C)c1ccccc1. The van der Waals surface area contributed by atoms with Crippen LogP contribution in [0.25, 0.3) is 33.4 Å². The van der Waals surface area contributed by atoms with E-state index in [1.807, 2.05) is 11.8 Å². The van der Waals surface area contributed by atoms with Crippen molar-refractivity contribution in [1.29, 1.82) is 0 Å². The second-order valence-electron chi connectivity index (χ2n) is 17.8. The van der Waals surface area contributed by atoms with Crippen LogP contribution in [0.2, 0.25) is 13.1 Å². The molecular weight excluding hydrogens is 701 g/mol. The first-order valence-electron chi connectivity index (χ1n) is 19.7. The molecule has 1 unspecified atom stereocenters. The predicted octanol–water partition coefficient (Wildman–Crippen LogP) is 12.7. The molecule has 0 saturated carbocycles. The Hall–Kier alpha value is -5.09. The third-order valence-corrected chi connectivity index (χ3v) is 18.6. The zero-order chi connectivity index (χ0) is 37.6. The summed E-state index contributed by atoms with van der Waals surface area (Å²) in [6, 6.07) is 52.9. The lowest BCUT2D eigenvalue weighted by Gasteiger charge is -2.36. The van der Waals surface area contributed by atoms with Crippen LogP contribution in [0.1, 0.15) is 73.6 Å². The Morgan fingerprint density at radius 1 is 0.473 bits per heavy atom. The molecule has 55 heavy (non-hydrogen) atoms. The fraction of sp³-hybridized carbons (Fsp3) is 0.192. The summed E-state index contributed by atoms with van der Waals surface area (Å²) in [5, 5.41) is 2.75. The van der Waals surface area contributed by atoms with Crippen LogP contribution in [0.3, 0.4) is 0 Å². The lowest BCUT2D eigenvalue weighted by molar-refractivity contribution is 0.489. The van der Waals surface area contributed by atoms with E-state index < -0.39 is 8.07 Å². The van der Waals surface area contributed by atoms with Crippen LogP contribution in [0.4, 0.5) is 0 Å². The Bertz CT molecular complexity index is 2810. The maximum Gasteiger partial charge on any atom is 0.135 e. The first-order valence-corrected chi connectivity index (χ1v) is 23.5. The standard InChI is InChI=1S/C52H44OSSi/c1-50(2)36-20-12-11-18-34(36)45-38(50)28-29-44-48(45)53-47-33(19-15-23-43(47)55(44,6)7)31-24-25-35-41(30-31)52(5,32-16-9-8-10-17-32)39-26-27-40-49(46(35)39)54-42-22-14-13-21-37(42)51(40,3)4/h8-30H,1-7H3. The van der Waals surface area contributed by atoms with Crippen LogP contribution in [-0.2, 0) is 16.2 Å². The quantitative estimate of drug-likeness (QED) is 0.163. The van der Waals surface area contributed by atoms with Gasteiger partial charge in [0.15, 0.2) is 0 Å². The van der Waals surface area contributed by atoms with Crippen LogP contribution in [0, 0.1) is 0 Å². The molecular formula is C52H44OSSi. The average Bonchev–Trinajstić information content (AvgIpc) is 3.59. The summed E-state index contributed by atoms with van der Waals surface area (Å²) in [4.78, 5) is 2.76. The van der Waals surface area contributed by atoms with Crippen molar-refractivity contribution in [1.82, 2.24) is 0 Å². The molecule has 1 nitrogen and oxygen atoms in total. The van der Waals surface area contributed by atoms with Gasteiger partial charge in [0, 0.05) is 42.7 Å². The molecule has 268 valence electrons. The fourth-order valence-electron chi connectivity index (χ4n) is 10.7. The normalized spacial score (nSPS) is 19.4. The highest BCUT2D eigenvalue weighted by Crippen LogP contribution is 2.61. The second-order valence-corrected chi connectivity index (χ2v) is 23.2. The van der Waals surface area contributed by atoms with E-state index >= 15 is 0 Å². The molecule has 0 radical (unpaired) electrons. The summed E-state index contributed by atoms with van der Waals surface area (Å²) in [7, 11) is -2.15. The van der Waals surface area contributed by atoms with Crippen LogP contribution in [0.5, 0.6) is 11.5 Å². The van der Waals surface area contributed by atoms with Gasteiger partial charge < -0.3 is 4.74 Å². The van der Waals surface area contributed by atoms with Crippen molar-refractivity contribution in [2.24, 2.45) is 0 Å². The highest BCUT2D eigenvalue weighted by Gasteiger charge is 2.47. The summed E-state index contributed by atoms with van der Waals surface area (Å²) in [6.45, 7) is 16.9. The van der Waals surface area contributed by atoms with Gasteiger partial charge in [-0.2, -0.15) is 0 Å². The average molecular weight is 745 g/mol. The van der Waals surface area contributed by atoms with Crippen LogP contribution in [0.15, 0.2) is 149 Å².